The fourth-order valence-corrected chi connectivity index (χ4v) is 4.04. The van der Waals surface area contributed by atoms with E-state index < -0.39 is 11.2 Å². The summed E-state index contributed by atoms with van der Waals surface area (Å²) < 4.78 is 5.98. The van der Waals surface area contributed by atoms with E-state index in [2.05, 4.69) is 24.1 Å². The molecule has 8 heteroatoms. The van der Waals surface area contributed by atoms with Gasteiger partial charge in [-0.25, -0.2) is 4.98 Å². The van der Waals surface area contributed by atoms with Gasteiger partial charge in [0.1, 0.15) is 6.54 Å². The molecule has 0 unspecified atom stereocenters. The standard InChI is InChI=1S/C23H25N3O4S/c1-14(2)16-9-5-7-11-18(16)24-21(28)15(3)31-23-25-19-12-8-6-10-17(19)22(29)26(23)13-20(27)30-4/h5-12,14-15H,13H2,1-4H3,(H,24,28)/t15-/m1/s1. The minimum absolute atomic E-state index is 0.217. The number of amides is 1. The van der Waals surface area contributed by atoms with Gasteiger partial charge in [-0.2, -0.15) is 0 Å². The molecule has 31 heavy (non-hydrogen) atoms. The molecule has 2 aromatic carbocycles. The summed E-state index contributed by atoms with van der Waals surface area (Å²) in [6, 6.07) is 14.6. The lowest BCUT2D eigenvalue weighted by molar-refractivity contribution is -0.141. The average molecular weight is 440 g/mol. The third kappa shape index (κ3) is 5.14. The van der Waals surface area contributed by atoms with Crippen molar-refractivity contribution in [1.29, 1.82) is 0 Å². The summed E-state index contributed by atoms with van der Waals surface area (Å²) in [5.74, 6) is -0.527. The average Bonchev–Trinajstić information content (AvgIpc) is 2.76. The summed E-state index contributed by atoms with van der Waals surface area (Å²) in [4.78, 5) is 42.3. The number of carbonyl (C=O) groups excluding carboxylic acids is 2. The third-order valence-corrected chi connectivity index (χ3v) is 5.92. The molecule has 7 nitrogen and oxygen atoms in total. The molecule has 0 saturated carbocycles. The van der Waals surface area contributed by atoms with Crippen molar-refractivity contribution in [3.05, 3.63) is 64.4 Å². The predicted octanol–water partition coefficient (Wildman–Crippen LogP) is 3.81. The van der Waals surface area contributed by atoms with E-state index in [0.29, 0.717) is 10.9 Å². The van der Waals surface area contributed by atoms with Gasteiger partial charge in [0.2, 0.25) is 5.91 Å². The van der Waals surface area contributed by atoms with Crippen LogP contribution in [0.15, 0.2) is 58.5 Å². The Balaban J connectivity index is 1.91. The largest absolute Gasteiger partial charge is 0.468 e. The smallest absolute Gasteiger partial charge is 0.325 e. The van der Waals surface area contributed by atoms with Gasteiger partial charge < -0.3 is 10.1 Å². The lowest BCUT2D eigenvalue weighted by Gasteiger charge is -2.18. The van der Waals surface area contributed by atoms with Crippen molar-refractivity contribution in [3.8, 4) is 0 Å². The van der Waals surface area contributed by atoms with E-state index in [9.17, 15) is 14.4 Å². The maximum absolute atomic E-state index is 13.0. The number of thioether (sulfide) groups is 1. The van der Waals surface area contributed by atoms with E-state index in [0.717, 1.165) is 23.0 Å². The minimum Gasteiger partial charge on any atom is -0.468 e. The zero-order valence-electron chi connectivity index (χ0n) is 17.9. The van der Waals surface area contributed by atoms with Crippen molar-refractivity contribution in [2.45, 2.75) is 43.6 Å². The molecule has 0 spiro atoms. The lowest BCUT2D eigenvalue weighted by Crippen LogP contribution is -2.29. The molecule has 0 radical (unpaired) electrons. The Morgan fingerprint density at radius 2 is 1.77 bits per heavy atom. The number of fused-ring (bicyclic) bond motifs is 1. The number of hydrogen-bond donors (Lipinski definition) is 1. The number of para-hydroxylation sites is 2. The first-order chi connectivity index (χ1) is 14.8. The van der Waals surface area contributed by atoms with Crippen LogP contribution in [-0.2, 0) is 20.9 Å². The number of nitrogens with one attached hydrogen (secondary N) is 1. The lowest BCUT2D eigenvalue weighted by atomic mass is 10.0. The Bertz CT molecular complexity index is 1170. The van der Waals surface area contributed by atoms with Crippen LogP contribution in [0.5, 0.6) is 0 Å². The molecule has 0 fully saturated rings. The number of hydrogen-bond acceptors (Lipinski definition) is 6. The zero-order valence-corrected chi connectivity index (χ0v) is 18.7. The normalized spacial score (nSPS) is 12.0. The highest BCUT2D eigenvalue weighted by Gasteiger charge is 2.21. The Morgan fingerprint density at radius 3 is 2.48 bits per heavy atom. The molecule has 1 heterocycles. The number of ether oxygens (including phenoxy) is 1. The molecule has 3 aromatic rings. The van der Waals surface area contributed by atoms with Crippen LogP contribution in [0.1, 0.15) is 32.3 Å². The van der Waals surface area contributed by atoms with E-state index in [4.69, 9.17) is 4.74 Å². The molecule has 3 rings (SSSR count). The van der Waals surface area contributed by atoms with Crippen LogP contribution in [0.25, 0.3) is 10.9 Å². The second kappa shape index (κ2) is 9.78. The first-order valence-electron chi connectivity index (χ1n) is 9.94. The van der Waals surface area contributed by atoms with Crippen molar-refractivity contribution in [3.63, 3.8) is 0 Å². The fourth-order valence-electron chi connectivity index (χ4n) is 3.13. The monoisotopic (exact) mass is 439 g/mol. The van der Waals surface area contributed by atoms with Gasteiger partial charge in [-0.3, -0.25) is 19.0 Å². The maximum atomic E-state index is 13.0. The highest BCUT2D eigenvalue weighted by Crippen LogP contribution is 2.27. The number of esters is 1. The van der Waals surface area contributed by atoms with Gasteiger partial charge in [0.25, 0.3) is 5.56 Å². The summed E-state index contributed by atoms with van der Waals surface area (Å²) in [5.41, 5.74) is 1.96. The summed E-state index contributed by atoms with van der Waals surface area (Å²) in [6.07, 6.45) is 0. The molecular weight excluding hydrogens is 414 g/mol. The van der Waals surface area contributed by atoms with Gasteiger partial charge in [-0.05, 0) is 36.6 Å². The molecule has 0 aliphatic carbocycles. The quantitative estimate of drug-likeness (QED) is 0.342. The molecule has 162 valence electrons. The van der Waals surface area contributed by atoms with Crippen LogP contribution in [0.4, 0.5) is 5.69 Å². The maximum Gasteiger partial charge on any atom is 0.325 e. The van der Waals surface area contributed by atoms with E-state index in [-0.39, 0.29) is 29.1 Å². The molecule has 0 saturated heterocycles. The van der Waals surface area contributed by atoms with Gasteiger partial charge >= 0.3 is 5.97 Å². The third-order valence-electron chi connectivity index (χ3n) is 4.83. The Morgan fingerprint density at radius 1 is 1.10 bits per heavy atom. The van der Waals surface area contributed by atoms with Crippen LogP contribution in [-0.4, -0.2) is 33.8 Å². The van der Waals surface area contributed by atoms with Crippen molar-refractivity contribution in [2.75, 3.05) is 12.4 Å². The number of aromatic nitrogens is 2. The topological polar surface area (TPSA) is 90.3 Å². The van der Waals surface area contributed by atoms with Gasteiger partial charge in [0.15, 0.2) is 5.16 Å². The van der Waals surface area contributed by atoms with Crippen LogP contribution in [0, 0.1) is 0 Å². The molecule has 1 N–H and O–H groups in total. The second-order valence-electron chi connectivity index (χ2n) is 7.37. The van der Waals surface area contributed by atoms with Crippen molar-refractivity contribution >= 4 is 40.2 Å². The van der Waals surface area contributed by atoms with Crippen molar-refractivity contribution < 1.29 is 14.3 Å². The minimum atomic E-state index is -0.566. The Hall–Kier alpha value is -3.13. The van der Waals surface area contributed by atoms with Crippen LogP contribution in [0.3, 0.4) is 0 Å². The fraction of sp³-hybridized carbons (Fsp3) is 0.304. The van der Waals surface area contributed by atoms with Gasteiger partial charge in [-0.1, -0.05) is 55.9 Å². The van der Waals surface area contributed by atoms with Crippen LogP contribution < -0.4 is 10.9 Å². The van der Waals surface area contributed by atoms with E-state index in [1.165, 1.54) is 11.7 Å². The van der Waals surface area contributed by atoms with Crippen molar-refractivity contribution in [1.82, 2.24) is 9.55 Å². The molecule has 1 atom stereocenters. The molecule has 1 aromatic heterocycles. The summed E-state index contributed by atoms with van der Waals surface area (Å²) in [7, 11) is 1.26. The Labute approximate surface area is 184 Å². The zero-order chi connectivity index (χ0) is 22.5. The van der Waals surface area contributed by atoms with E-state index in [1.807, 2.05) is 24.3 Å². The molecule has 0 aliphatic heterocycles. The van der Waals surface area contributed by atoms with Gasteiger partial charge in [-0.15, -0.1) is 0 Å². The molecule has 0 aliphatic rings. The molecular formula is C23H25N3O4S. The van der Waals surface area contributed by atoms with Crippen LogP contribution in [0.2, 0.25) is 0 Å². The predicted molar refractivity (Wildman–Crippen MR) is 122 cm³/mol. The SMILES string of the molecule is COC(=O)Cn1c(S[C@H](C)C(=O)Nc2ccccc2C(C)C)nc2ccccc2c1=O. The summed E-state index contributed by atoms with van der Waals surface area (Å²) in [6.45, 7) is 5.59. The number of rotatable bonds is 7. The van der Waals surface area contributed by atoms with E-state index in [1.54, 1.807) is 31.2 Å². The Kier molecular flexibility index (Phi) is 7.12. The number of benzene rings is 2. The molecule has 1 amide bonds. The molecule has 0 bridgehead atoms. The second-order valence-corrected chi connectivity index (χ2v) is 8.68. The van der Waals surface area contributed by atoms with Gasteiger partial charge in [0.05, 0.1) is 23.3 Å². The number of methoxy groups -OCH3 is 1. The summed E-state index contributed by atoms with van der Waals surface area (Å²) in [5, 5.41) is 3.10. The highest BCUT2D eigenvalue weighted by atomic mass is 32.2. The number of carbonyl (C=O) groups is 2. The number of nitrogens with zero attached hydrogens (tertiary/aromatic N) is 2. The first kappa shape index (κ1) is 22.6. The highest BCUT2D eigenvalue weighted by molar-refractivity contribution is 8.00. The number of anilines is 1. The van der Waals surface area contributed by atoms with Gasteiger partial charge in [0, 0.05) is 5.69 Å². The van der Waals surface area contributed by atoms with Crippen molar-refractivity contribution in [2.24, 2.45) is 0 Å². The first-order valence-corrected chi connectivity index (χ1v) is 10.8. The van der Waals surface area contributed by atoms with Crippen LogP contribution >= 0.6 is 11.8 Å². The summed E-state index contributed by atoms with van der Waals surface area (Å²) >= 11 is 1.13. The van der Waals surface area contributed by atoms with E-state index >= 15 is 0 Å².